The van der Waals surface area contributed by atoms with E-state index in [-0.39, 0.29) is 5.91 Å². The second kappa shape index (κ2) is 6.86. The Kier molecular flexibility index (Phi) is 6.56. The Labute approximate surface area is 107 Å². The molecule has 0 heterocycles. The van der Waals surface area contributed by atoms with E-state index in [0.29, 0.717) is 5.75 Å². The zero-order chi connectivity index (χ0) is 13.6. The number of esters is 1. The highest BCUT2D eigenvalue weighted by atomic mass is 32.2. The van der Waals surface area contributed by atoms with Crippen molar-refractivity contribution < 1.29 is 14.3 Å². The van der Waals surface area contributed by atoms with Crippen LogP contribution >= 0.6 is 11.8 Å². The summed E-state index contributed by atoms with van der Waals surface area (Å²) in [5, 5.41) is 2.54. The van der Waals surface area contributed by atoms with Crippen molar-refractivity contribution in [3.05, 3.63) is 0 Å². The van der Waals surface area contributed by atoms with Crippen molar-refractivity contribution in [2.24, 2.45) is 5.73 Å². The van der Waals surface area contributed by atoms with Gasteiger partial charge in [0.25, 0.3) is 0 Å². The second-order valence-electron chi connectivity index (χ2n) is 4.83. The Morgan fingerprint density at radius 1 is 1.41 bits per heavy atom. The zero-order valence-electron chi connectivity index (χ0n) is 11.1. The minimum absolute atomic E-state index is 0.335. The molecule has 0 aliphatic heterocycles. The molecular formula is C11H22N2O3S. The molecule has 5 nitrogen and oxygen atoms in total. The summed E-state index contributed by atoms with van der Waals surface area (Å²) in [6, 6.07) is -1.29. The van der Waals surface area contributed by atoms with Crippen molar-refractivity contribution in [1.82, 2.24) is 5.32 Å². The number of hydrogen-bond donors (Lipinski definition) is 2. The van der Waals surface area contributed by atoms with Gasteiger partial charge in [0.2, 0.25) is 5.91 Å². The Hall–Kier alpha value is -0.750. The van der Waals surface area contributed by atoms with Crippen LogP contribution in [0.1, 0.15) is 27.7 Å². The van der Waals surface area contributed by atoms with Gasteiger partial charge in [-0.15, -0.1) is 0 Å². The average Bonchev–Trinajstić information content (AvgIpc) is 2.15. The minimum Gasteiger partial charge on any atom is -0.458 e. The van der Waals surface area contributed by atoms with Crippen LogP contribution in [0.2, 0.25) is 0 Å². The molecule has 6 heteroatoms. The van der Waals surface area contributed by atoms with Gasteiger partial charge in [0, 0.05) is 5.75 Å². The van der Waals surface area contributed by atoms with E-state index in [0.717, 1.165) is 0 Å². The molecule has 2 atom stereocenters. The summed E-state index contributed by atoms with van der Waals surface area (Å²) in [7, 11) is 0. The van der Waals surface area contributed by atoms with Crippen LogP contribution in [0.3, 0.4) is 0 Å². The maximum atomic E-state index is 11.6. The first-order valence-corrected chi connectivity index (χ1v) is 6.84. The molecule has 0 spiro atoms. The molecule has 3 N–H and O–H groups in total. The molecule has 2 unspecified atom stereocenters. The molecule has 0 aromatic rings. The molecule has 100 valence electrons. The van der Waals surface area contributed by atoms with Crippen molar-refractivity contribution >= 4 is 23.6 Å². The fourth-order valence-electron chi connectivity index (χ4n) is 1.02. The third-order valence-electron chi connectivity index (χ3n) is 1.80. The molecule has 0 aliphatic carbocycles. The summed E-state index contributed by atoms with van der Waals surface area (Å²) in [6.45, 7) is 6.91. The molecule has 0 rings (SSSR count). The number of ether oxygens (including phenoxy) is 1. The molecule has 0 aromatic carbocycles. The van der Waals surface area contributed by atoms with Crippen molar-refractivity contribution in [2.75, 3.05) is 12.0 Å². The van der Waals surface area contributed by atoms with Gasteiger partial charge < -0.3 is 15.8 Å². The molecule has 17 heavy (non-hydrogen) atoms. The lowest BCUT2D eigenvalue weighted by molar-refractivity contribution is -0.158. The molecule has 0 bridgehead atoms. The second-order valence-corrected chi connectivity index (χ2v) is 5.74. The fraction of sp³-hybridized carbons (Fsp3) is 0.818. The molecule has 0 radical (unpaired) electrons. The predicted octanol–water partition coefficient (Wildman–Crippen LogP) is 0.523. The molecule has 0 saturated heterocycles. The highest BCUT2D eigenvalue weighted by Gasteiger charge is 2.24. The van der Waals surface area contributed by atoms with Crippen LogP contribution in [-0.4, -0.2) is 41.6 Å². The van der Waals surface area contributed by atoms with E-state index >= 15 is 0 Å². The van der Waals surface area contributed by atoms with Crippen LogP contribution in [0.4, 0.5) is 0 Å². The quantitative estimate of drug-likeness (QED) is 0.706. The lowest BCUT2D eigenvalue weighted by Crippen LogP contribution is -2.49. The maximum Gasteiger partial charge on any atom is 0.328 e. The Bertz CT molecular complexity index is 276. The number of carbonyl (C=O) groups excluding carboxylic acids is 2. The molecule has 0 aliphatic rings. The molecule has 0 saturated carbocycles. The number of thioether (sulfide) groups is 1. The lowest BCUT2D eigenvalue weighted by atomic mass is 10.2. The Morgan fingerprint density at radius 2 is 1.94 bits per heavy atom. The summed E-state index contributed by atoms with van der Waals surface area (Å²) in [6.07, 6.45) is 1.87. The summed E-state index contributed by atoms with van der Waals surface area (Å²) < 4.78 is 5.14. The van der Waals surface area contributed by atoms with E-state index in [4.69, 9.17) is 10.5 Å². The van der Waals surface area contributed by atoms with Gasteiger partial charge in [0.15, 0.2) is 0 Å². The third-order valence-corrected chi connectivity index (χ3v) is 2.49. The normalized spacial score (nSPS) is 14.9. The van der Waals surface area contributed by atoms with Gasteiger partial charge in [0.05, 0.1) is 6.04 Å². The van der Waals surface area contributed by atoms with Crippen LogP contribution in [0.5, 0.6) is 0 Å². The smallest absolute Gasteiger partial charge is 0.328 e. The van der Waals surface area contributed by atoms with Crippen LogP contribution in [0.25, 0.3) is 0 Å². The van der Waals surface area contributed by atoms with Gasteiger partial charge in [-0.25, -0.2) is 4.79 Å². The van der Waals surface area contributed by atoms with Gasteiger partial charge in [-0.2, -0.15) is 11.8 Å². The summed E-state index contributed by atoms with van der Waals surface area (Å²) in [5.41, 5.74) is 5.06. The summed E-state index contributed by atoms with van der Waals surface area (Å²) >= 11 is 1.48. The van der Waals surface area contributed by atoms with Gasteiger partial charge in [0.1, 0.15) is 11.6 Å². The van der Waals surface area contributed by atoms with Crippen molar-refractivity contribution in [3.63, 3.8) is 0 Å². The van der Waals surface area contributed by atoms with Crippen molar-refractivity contribution in [2.45, 2.75) is 45.4 Å². The van der Waals surface area contributed by atoms with Crippen LogP contribution in [-0.2, 0) is 14.3 Å². The summed E-state index contributed by atoms with van der Waals surface area (Å²) in [4.78, 5) is 23.1. The van der Waals surface area contributed by atoms with Crippen molar-refractivity contribution in [1.29, 1.82) is 0 Å². The topological polar surface area (TPSA) is 81.4 Å². The van der Waals surface area contributed by atoms with E-state index in [1.807, 2.05) is 6.26 Å². The van der Waals surface area contributed by atoms with E-state index in [1.54, 1.807) is 27.7 Å². The van der Waals surface area contributed by atoms with Gasteiger partial charge in [-0.3, -0.25) is 4.79 Å². The first-order valence-electron chi connectivity index (χ1n) is 5.45. The van der Waals surface area contributed by atoms with Crippen LogP contribution in [0, 0.1) is 0 Å². The van der Waals surface area contributed by atoms with E-state index in [9.17, 15) is 9.59 Å². The predicted molar refractivity (Wildman–Crippen MR) is 69.8 cm³/mol. The first-order chi connectivity index (χ1) is 7.67. The van der Waals surface area contributed by atoms with E-state index in [2.05, 4.69) is 5.32 Å². The fourth-order valence-corrected chi connectivity index (χ4v) is 1.54. The molecule has 0 aromatic heterocycles. The first kappa shape index (κ1) is 16.2. The largest absolute Gasteiger partial charge is 0.458 e. The number of nitrogens with one attached hydrogen (secondary N) is 1. The lowest BCUT2D eigenvalue weighted by Gasteiger charge is -2.23. The van der Waals surface area contributed by atoms with Gasteiger partial charge in [-0.05, 0) is 34.0 Å². The molecular weight excluding hydrogens is 240 g/mol. The van der Waals surface area contributed by atoms with Crippen LogP contribution < -0.4 is 11.1 Å². The maximum absolute atomic E-state index is 11.6. The van der Waals surface area contributed by atoms with E-state index < -0.39 is 23.7 Å². The van der Waals surface area contributed by atoms with Crippen LogP contribution in [0.15, 0.2) is 0 Å². The highest BCUT2D eigenvalue weighted by Crippen LogP contribution is 2.08. The average molecular weight is 262 g/mol. The van der Waals surface area contributed by atoms with E-state index in [1.165, 1.54) is 11.8 Å². The third kappa shape index (κ3) is 7.23. The SMILES string of the molecule is CSCC(N)C(=O)NC(C)C(=O)OC(C)(C)C. The Balaban J connectivity index is 4.21. The van der Waals surface area contributed by atoms with Gasteiger partial charge in [-0.1, -0.05) is 0 Å². The molecule has 0 fully saturated rings. The molecule has 1 amide bonds. The van der Waals surface area contributed by atoms with Gasteiger partial charge >= 0.3 is 5.97 Å². The minimum atomic E-state index is -0.686. The standard InChI is InChI=1S/C11H22N2O3S/c1-7(10(15)16-11(2,3)4)13-9(14)8(12)6-17-5/h7-8H,6,12H2,1-5H3,(H,13,14). The summed E-state index contributed by atoms with van der Waals surface area (Å²) in [5.74, 6) is -0.271. The highest BCUT2D eigenvalue weighted by molar-refractivity contribution is 7.98. The monoisotopic (exact) mass is 262 g/mol. The zero-order valence-corrected chi connectivity index (χ0v) is 11.9. The van der Waals surface area contributed by atoms with Crippen molar-refractivity contribution in [3.8, 4) is 0 Å². The Morgan fingerprint density at radius 3 is 2.35 bits per heavy atom. The number of hydrogen-bond acceptors (Lipinski definition) is 5. The number of rotatable bonds is 5. The number of amides is 1. The number of carbonyl (C=O) groups is 2. The number of nitrogens with two attached hydrogens (primary N) is 1.